The predicted octanol–water partition coefficient (Wildman–Crippen LogP) is 1.39. The Bertz CT molecular complexity index is 547. The molecule has 2 aliphatic heterocycles. The summed E-state index contributed by atoms with van der Waals surface area (Å²) in [7, 11) is 0. The first-order valence-electron chi connectivity index (χ1n) is 5.74. The summed E-state index contributed by atoms with van der Waals surface area (Å²) >= 11 is 2.61. The molecule has 0 radical (unpaired) electrons. The van der Waals surface area contributed by atoms with E-state index in [9.17, 15) is 9.59 Å². The summed E-state index contributed by atoms with van der Waals surface area (Å²) in [5.74, 6) is 0.430. The minimum atomic E-state index is -0.0762. The van der Waals surface area contributed by atoms with Crippen LogP contribution in [0.4, 0.5) is 0 Å². The Morgan fingerprint density at radius 2 is 2.05 bits per heavy atom. The Hall–Kier alpha value is -1.47. The van der Waals surface area contributed by atoms with Gasteiger partial charge in [0.25, 0.3) is 5.91 Å². The van der Waals surface area contributed by atoms with E-state index in [-0.39, 0.29) is 22.9 Å². The lowest BCUT2D eigenvalue weighted by molar-refractivity contribution is -0.129. The minimum Gasteiger partial charge on any atom is -0.285 e. The van der Waals surface area contributed by atoms with Crippen LogP contribution in [0.1, 0.15) is 10.9 Å². The molecule has 2 heterocycles. The number of benzene rings is 1. The molecule has 1 atom stereocenters. The maximum atomic E-state index is 11.9. The number of hydrazine groups is 1. The molecular formula is C12H11N3O2S2. The highest BCUT2D eigenvalue weighted by molar-refractivity contribution is 8.26. The molecule has 0 saturated carbocycles. The maximum Gasteiger partial charge on any atom is 0.252 e. The molecule has 7 heteroatoms. The van der Waals surface area contributed by atoms with Gasteiger partial charge in [0.05, 0.1) is 5.75 Å². The molecular weight excluding hydrogens is 282 g/mol. The lowest BCUT2D eigenvalue weighted by Crippen LogP contribution is -2.43. The molecule has 0 aliphatic carbocycles. The van der Waals surface area contributed by atoms with Crippen LogP contribution in [0.15, 0.2) is 35.3 Å². The molecule has 5 nitrogen and oxygen atoms in total. The van der Waals surface area contributed by atoms with Gasteiger partial charge in [0, 0.05) is 0 Å². The Kier molecular flexibility index (Phi) is 3.48. The highest BCUT2D eigenvalue weighted by atomic mass is 32.2. The van der Waals surface area contributed by atoms with E-state index >= 15 is 0 Å². The smallest absolute Gasteiger partial charge is 0.252 e. The van der Waals surface area contributed by atoms with E-state index in [1.807, 2.05) is 30.3 Å². The van der Waals surface area contributed by atoms with Gasteiger partial charge in [0.15, 0.2) is 5.17 Å². The minimum absolute atomic E-state index is 0.00139. The molecule has 1 aromatic carbocycles. The number of hydrogen-bond donors (Lipinski definition) is 1. The molecule has 98 valence electrons. The van der Waals surface area contributed by atoms with E-state index in [1.165, 1.54) is 0 Å². The van der Waals surface area contributed by atoms with Crippen LogP contribution in [0.25, 0.3) is 0 Å². The monoisotopic (exact) mass is 293 g/mol. The number of nitrogens with zero attached hydrogens (tertiary/aromatic N) is 2. The van der Waals surface area contributed by atoms with Gasteiger partial charge in [-0.3, -0.25) is 20.0 Å². The van der Waals surface area contributed by atoms with Gasteiger partial charge in [-0.05, 0) is 17.3 Å². The number of carbonyl (C=O) groups excluding carboxylic acids is 2. The maximum absolute atomic E-state index is 11.9. The third-order valence-corrected chi connectivity index (χ3v) is 4.71. The van der Waals surface area contributed by atoms with Crippen LogP contribution in [0.5, 0.6) is 0 Å². The molecule has 2 aliphatic rings. The van der Waals surface area contributed by atoms with Crippen LogP contribution in [-0.4, -0.2) is 33.5 Å². The number of aliphatic imine (C=N–C) groups is 1. The average molecular weight is 293 g/mol. The second kappa shape index (κ2) is 5.26. The zero-order valence-electron chi connectivity index (χ0n) is 9.91. The van der Waals surface area contributed by atoms with Crippen LogP contribution < -0.4 is 5.43 Å². The number of amidine groups is 1. The highest BCUT2D eigenvalue weighted by Crippen LogP contribution is 2.37. The molecule has 1 N–H and O–H groups in total. The van der Waals surface area contributed by atoms with Gasteiger partial charge >= 0.3 is 0 Å². The van der Waals surface area contributed by atoms with Gasteiger partial charge in [-0.1, -0.05) is 30.3 Å². The SMILES string of the molecule is O=C1CN=C(NN2C(=O)CSC2c2ccccc2)S1. The first-order chi connectivity index (χ1) is 9.24. The standard InChI is InChI=1S/C12H11N3O2S2/c16-9-7-18-11(8-4-2-1-3-5-8)15(9)14-12-13-6-10(17)19-12/h1-5,11H,6-7H2,(H,13,14). The van der Waals surface area contributed by atoms with E-state index in [1.54, 1.807) is 16.8 Å². The number of rotatable bonds is 2. The number of amides is 1. The van der Waals surface area contributed by atoms with Crippen LogP contribution in [-0.2, 0) is 9.59 Å². The van der Waals surface area contributed by atoms with Gasteiger partial charge in [0.2, 0.25) is 5.12 Å². The summed E-state index contributed by atoms with van der Waals surface area (Å²) in [5, 5.41) is 1.98. The molecule has 19 heavy (non-hydrogen) atoms. The summed E-state index contributed by atoms with van der Waals surface area (Å²) in [4.78, 5) is 27.1. The third-order valence-electron chi connectivity index (χ3n) is 2.73. The zero-order valence-corrected chi connectivity index (χ0v) is 11.5. The van der Waals surface area contributed by atoms with E-state index in [2.05, 4.69) is 10.4 Å². The second-order valence-corrected chi connectivity index (χ2v) is 6.16. The quantitative estimate of drug-likeness (QED) is 0.893. The molecule has 1 saturated heterocycles. The summed E-state index contributed by atoms with van der Waals surface area (Å²) in [6.07, 6.45) is 0. The first-order valence-corrected chi connectivity index (χ1v) is 7.61. The highest BCUT2D eigenvalue weighted by Gasteiger charge is 2.34. The van der Waals surface area contributed by atoms with Crippen molar-refractivity contribution in [3.05, 3.63) is 35.9 Å². The fourth-order valence-corrected chi connectivity index (χ4v) is 3.61. The summed E-state index contributed by atoms with van der Waals surface area (Å²) < 4.78 is 0. The van der Waals surface area contributed by atoms with Gasteiger partial charge in [-0.2, -0.15) is 0 Å². The van der Waals surface area contributed by atoms with Crippen LogP contribution >= 0.6 is 23.5 Å². The molecule has 0 bridgehead atoms. The third kappa shape index (κ3) is 2.62. The Balaban J connectivity index is 1.78. The summed E-state index contributed by atoms with van der Waals surface area (Å²) in [6.45, 7) is 0.179. The van der Waals surface area contributed by atoms with Gasteiger partial charge in [-0.25, -0.2) is 5.01 Å². The zero-order chi connectivity index (χ0) is 13.2. The molecule has 3 rings (SSSR count). The predicted molar refractivity (Wildman–Crippen MR) is 76.5 cm³/mol. The van der Waals surface area contributed by atoms with E-state index in [0.717, 1.165) is 17.3 Å². The van der Waals surface area contributed by atoms with Crippen molar-refractivity contribution in [2.24, 2.45) is 4.99 Å². The fourth-order valence-electron chi connectivity index (χ4n) is 1.88. The largest absolute Gasteiger partial charge is 0.285 e. The molecule has 0 aromatic heterocycles. The van der Waals surface area contributed by atoms with Crippen molar-refractivity contribution in [1.29, 1.82) is 0 Å². The summed E-state index contributed by atoms with van der Waals surface area (Å²) in [6, 6.07) is 9.81. The van der Waals surface area contributed by atoms with Crippen molar-refractivity contribution in [3.8, 4) is 0 Å². The number of nitrogens with one attached hydrogen (secondary N) is 1. The first kappa shape index (κ1) is 12.6. The molecule has 1 fully saturated rings. The van der Waals surface area contributed by atoms with E-state index in [0.29, 0.717) is 10.9 Å². The van der Waals surface area contributed by atoms with Crippen molar-refractivity contribution in [2.45, 2.75) is 5.37 Å². The average Bonchev–Trinajstić information content (AvgIpc) is 2.99. The van der Waals surface area contributed by atoms with Crippen molar-refractivity contribution in [3.63, 3.8) is 0 Å². The second-order valence-electron chi connectivity index (χ2n) is 4.05. The van der Waals surface area contributed by atoms with Crippen molar-refractivity contribution in [1.82, 2.24) is 10.4 Å². The van der Waals surface area contributed by atoms with Crippen LogP contribution in [0.2, 0.25) is 0 Å². The van der Waals surface area contributed by atoms with Crippen LogP contribution in [0.3, 0.4) is 0 Å². The molecule has 1 amide bonds. The molecule has 0 spiro atoms. The molecule has 1 aromatic rings. The van der Waals surface area contributed by atoms with Gasteiger partial charge in [0.1, 0.15) is 11.9 Å². The van der Waals surface area contributed by atoms with Crippen LogP contribution in [0, 0.1) is 0 Å². The lowest BCUT2D eigenvalue weighted by Gasteiger charge is -2.24. The number of hydrogen-bond acceptors (Lipinski definition) is 6. The number of thioether (sulfide) groups is 2. The van der Waals surface area contributed by atoms with Crippen molar-refractivity contribution < 1.29 is 9.59 Å². The Morgan fingerprint density at radius 3 is 2.74 bits per heavy atom. The van der Waals surface area contributed by atoms with E-state index < -0.39 is 0 Å². The van der Waals surface area contributed by atoms with Gasteiger partial charge in [-0.15, -0.1) is 11.8 Å². The topological polar surface area (TPSA) is 61.8 Å². The van der Waals surface area contributed by atoms with Crippen molar-refractivity contribution >= 4 is 39.7 Å². The summed E-state index contributed by atoms with van der Waals surface area (Å²) in [5.41, 5.74) is 4.02. The van der Waals surface area contributed by atoms with E-state index in [4.69, 9.17) is 0 Å². The van der Waals surface area contributed by atoms with Crippen molar-refractivity contribution in [2.75, 3.05) is 12.3 Å². The normalized spacial score (nSPS) is 22.8. The Morgan fingerprint density at radius 1 is 1.26 bits per heavy atom. The Labute approximate surface area is 118 Å². The lowest BCUT2D eigenvalue weighted by atomic mass is 10.2. The molecule has 1 unspecified atom stereocenters. The number of carbonyl (C=O) groups is 2. The van der Waals surface area contributed by atoms with Gasteiger partial charge < -0.3 is 0 Å². The fraction of sp³-hybridized carbons (Fsp3) is 0.250.